The van der Waals surface area contributed by atoms with E-state index >= 15 is 0 Å². The summed E-state index contributed by atoms with van der Waals surface area (Å²) < 4.78 is 0. The zero-order chi connectivity index (χ0) is 10.4. The molecule has 0 aliphatic carbocycles. The minimum atomic E-state index is -2.33. The summed E-state index contributed by atoms with van der Waals surface area (Å²) in [5.41, 5.74) is 0. The molecule has 0 aromatic carbocycles. The lowest BCUT2D eigenvalue weighted by molar-refractivity contribution is -0.415. The Morgan fingerprint density at radius 3 is 1.42 bits per heavy atom. The van der Waals surface area contributed by atoms with Gasteiger partial charge in [-0.1, -0.05) is 31.9 Å². The first-order valence-electron chi connectivity index (χ1n) is 2.68. The molecule has 0 saturated carbocycles. The molecule has 0 bridgehead atoms. The van der Waals surface area contributed by atoms with E-state index in [0.29, 0.717) is 0 Å². The SMILES string of the molecule is C=CC#N.C=CC=C.O=C([O-])[O-]. The molecule has 66 valence electrons. The lowest BCUT2D eigenvalue weighted by Crippen LogP contribution is -2.37. The first-order chi connectivity index (χ1) is 5.56. The van der Waals surface area contributed by atoms with Crippen molar-refractivity contribution in [1.29, 1.82) is 5.26 Å². The molecule has 0 aromatic heterocycles. The zero-order valence-corrected chi connectivity index (χ0v) is 6.53. The van der Waals surface area contributed by atoms with E-state index in [1.807, 2.05) is 0 Å². The number of hydrogen-bond donors (Lipinski definition) is 0. The van der Waals surface area contributed by atoms with E-state index in [1.165, 1.54) is 6.08 Å². The Labute approximate surface area is 71.4 Å². The van der Waals surface area contributed by atoms with Gasteiger partial charge in [0.25, 0.3) is 0 Å². The van der Waals surface area contributed by atoms with Gasteiger partial charge in [-0.05, 0) is 6.16 Å². The Kier molecular flexibility index (Phi) is 31.7. The normalized spacial score (nSPS) is 4.92. The van der Waals surface area contributed by atoms with Crippen molar-refractivity contribution in [2.24, 2.45) is 0 Å². The molecule has 0 aromatic rings. The number of allylic oxidation sites excluding steroid dienone is 3. The molecule has 0 aliphatic heterocycles. The summed E-state index contributed by atoms with van der Waals surface area (Å²) in [5, 5.41) is 24.2. The summed E-state index contributed by atoms with van der Waals surface area (Å²) in [6, 6.07) is 1.69. The van der Waals surface area contributed by atoms with Crippen molar-refractivity contribution < 1.29 is 15.0 Å². The van der Waals surface area contributed by atoms with Crippen LogP contribution in [-0.2, 0) is 0 Å². The Hall–Kier alpha value is -2.02. The third-order valence-corrected chi connectivity index (χ3v) is 0.258. The fourth-order valence-corrected chi connectivity index (χ4v) is 0. The van der Waals surface area contributed by atoms with Crippen LogP contribution in [0.3, 0.4) is 0 Å². The van der Waals surface area contributed by atoms with E-state index in [0.717, 1.165) is 0 Å². The molecule has 4 nitrogen and oxygen atoms in total. The van der Waals surface area contributed by atoms with E-state index in [9.17, 15) is 0 Å². The van der Waals surface area contributed by atoms with Crippen molar-refractivity contribution in [3.05, 3.63) is 38.0 Å². The topological polar surface area (TPSA) is 87.0 Å². The highest BCUT2D eigenvalue weighted by Gasteiger charge is 1.34. The van der Waals surface area contributed by atoms with Gasteiger partial charge in [-0.2, -0.15) is 5.26 Å². The summed E-state index contributed by atoms with van der Waals surface area (Å²) in [4.78, 5) is 8.33. The number of rotatable bonds is 1. The Morgan fingerprint density at radius 2 is 1.42 bits per heavy atom. The largest absolute Gasteiger partial charge is 0.652 e. The average molecular weight is 167 g/mol. The third-order valence-electron chi connectivity index (χ3n) is 0.258. The van der Waals surface area contributed by atoms with Gasteiger partial charge in [0.15, 0.2) is 0 Å². The van der Waals surface area contributed by atoms with E-state index < -0.39 is 6.16 Å². The Morgan fingerprint density at radius 1 is 1.25 bits per heavy atom. The van der Waals surface area contributed by atoms with Crippen molar-refractivity contribution in [3.63, 3.8) is 0 Å². The molecule has 0 fully saturated rings. The molecule has 4 heteroatoms. The number of carbonyl (C=O) groups is 1. The first-order valence-corrected chi connectivity index (χ1v) is 2.68. The average Bonchev–Trinajstić information content (AvgIpc) is 2.03. The van der Waals surface area contributed by atoms with E-state index in [-0.39, 0.29) is 0 Å². The van der Waals surface area contributed by atoms with Gasteiger partial charge in [-0.3, -0.25) is 0 Å². The van der Waals surface area contributed by atoms with Gasteiger partial charge in [0, 0.05) is 6.08 Å². The van der Waals surface area contributed by atoms with Crippen LogP contribution in [0.5, 0.6) is 0 Å². The number of hydrogen-bond acceptors (Lipinski definition) is 4. The lowest BCUT2D eigenvalue weighted by Gasteiger charge is -1.96. The Balaban J connectivity index is -0.000000101. The smallest absolute Gasteiger partial charge is 0.0905 e. The molecule has 0 heterocycles. The summed E-state index contributed by atoms with van der Waals surface area (Å²) in [5.74, 6) is 0. The molecular weight excluding hydrogens is 158 g/mol. The van der Waals surface area contributed by atoms with Gasteiger partial charge in [0.2, 0.25) is 0 Å². The second-order valence-corrected chi connectivity index (χ2v) is 1.05. The van der Waals surface area contributed by atoms with Crippen LogP contribution in [0.1, 0.15) is 0 Å². The summed E-state index contributed by atoms with van der Waals surface area (Å²) in [7, 11) is 0. The highest BCUT2D eigenvalue weighted by atomic mass is 16.6. The van der Waals surface area contributed by atoms with E-state index in [2.05, 4.69) is 19.7 Å². The van der Waals surface area contributed by atoms with Crippen molar-refractivity contribution in [1.82, 2.24) is 0 Å². The quantitative estimate of drug-likeness (QED) is 0.393. The van der Waals surface area contributed by atoms with E-state index in [1.54, 1.807) is 18.2 Å². The van der Waals surface area contributed by atoms with Crippen LogP contribution >= 0.6 is 0 Å². The lowest BCUT2D eigenvalue weighted by atomic mass is 10.6. The Bertz CT molecular complexity index is 169. The molecule has 0 spiro atoms. The number of carbonyl (C=O) groups excluding carboxylic acids is 1. The minimum absolute atomic E-state index is 1.18. The van der Waals surface area contributed by atoms with Crippen LogP contribution in [0.2, 0.25) is 0 Å². The highest BCUT2D eigenvalue weighted by Crippen LogP contribution is 1.52. The van der Waals surface area contributed by atoms with Crippen molar-refractivity contribution in [2.45, 2.75) is 0 Å². The van der Waals surface area contributed by atoms with Crippen molar-refractivity contribution in [3.8, 4) is 6.07 Å². The van der Waals surface area contributed by atoms with Crippen molar-refractivity contribution >= 4 is 6.16 Å². The van der Waals surface area contributed by atoms with Gasteiger partial charge < -0.3 is 15.0 Å². The molecule has 0 saturated heterocycles. The second-order valence-electron chi connectivity index (χ2n) is 1.05. The predicted octanol–water partition coefficient (Wildman–Crippen LogP) is -0.393. The monoisotopic (exact) mass is 167 g/mol. The molecule has 0 amide bonds. The van der Waals surface area contributed by atoms with Gasteiger partial charge in [-0.25, -0.2) is 0 Å². The standard InChI is InChI=1S/C4H6.C3H3N.CH2O3/c1-3-4-2;1-2-3-4;2-1(3)4/h3-4H,1-2H2;2H,1H2;(H2,2,3,4)/p-2. The number of nitriles is 1. The molecule has 0 unspecified atom stereocenters. The van der Waals surface area contributed by atoms with Crippen molar-refractivity contribution in [2.75, 3.05) is 0 Å². The first kappa shape index (κ1) is 16.5. The zero-order valence-electron chi connectivity index (χ0n) is 6.53. The maximum Gasteiger partial charge on any atom is 0.0905 e. The number of carboxylic acid groups (broad SMARTS) is 2. The summed E-state index contributed by atoms with van der Waals surface area (Å²) >= 11 is 0. The maximum atomic E-state index is 8.33. The fraction of sp³-hybridized carbons (Fsp3) is 0. The summed E-state index contributed by atoms with van der Waals surface area (Å²) in [6.45, 7) is 9.84. The van der Waals surface area contributed by atoms with E-state index in [4.69, 9.17) is 20.3 Å². The predicted molar refractivity (Wildman–Crippen MR) is 41.6 cm³/mol. The van der Waals surface area contributed by atoms with Gasteiger partial charge in [-0.15, -0.1) is 0 Å². The number of nitrogens with zero attached hydrogens (tertiary/aromatic N) is 1. The molecule has 12 heavy (non-hydrogen) atoms. The van der Waals surface area contributed by atoms with Crippen LogP contribution in [0, 0.1) is 11.3 Å². The van der Waals surface area contributed by atoms with Crippen LogP contribution in [0.4, 0.5) is 4.79 Å². The molecule has 0 rings (SSSR count). The van der Waals surface area contributed by atoms with Crippen LogP contribution in [0.15, 0.2) is 38.0 Å². The molecule has 0 aliphatic rings. The molecule has 0 atom stereocenters. The molecule has 0 N–H and O–H groups in total. The minimum Gasteiger partial charge on any atom is -0.652 e. The van der Waals surface area contributed by atoms with Gasteiger partial charge in [0.05, 0.1) is 6.07 Å². The fourth-order valence-electron chi connectivity index (χ4n) is 0. The second kappa shape index (κ2) is 23.1. The van der Waals surface area contributed by atoms with Crippen LogP contribution in [0.25, 0.3) is 0 Å². The van der Waals surface area contributed by atoms with Crippen LogP contribution < -0.4 is 10.2 Å². The van der Waals surface area contributed by atoms with Gasteiger partial charge in [0.1, 0.15) is 0 Å². The molecule has 0 radical (unpaired) electrons. The maximum absolute atomic E-state index is 8.33. The summed E-state index contributed by atoms with van der Waals surface area (Å²) in [6.07, 6.45) is 2.13. The van der Waals surface area contributed by atoms with Crippen LogP contribution in [-0.4, -0.2) is 6.16 Å². The molecular formula is C8H9NO3-2. The van der Waals surface area contributed by atoms with Gasteiger partial charge >= 0.3 is 0 Å². The third kappa shape index (κ3) is 972000. The highest BCUT2D eigenvalue weighted by molar-refractivity contribution is 5.47.